The van der Waals surface area contributed by atoms with Crippen LogP contribution in [0.5, 0.6) is 0 Å². The number of ether oxygens (including phenoxy) is 1. The van der Waals surface area contributed by atoms with Crippen LogP contribution in [-0.2, 0) is 4.74 Å². The molecule has 0 aromatic carbocycles. The van der Waals surface area contributed by atoms with E-state index >= 15 is 0 Å². The van der Waals surface area contributed by atoms with Crippen LogP contribution in [0.2, 0.25) is 0 Å². The summed E-state index contributed by atoms with van der Waals surface area (Å²) in [5.41, 5.74) is 5.78. The van der Waals surface area contributed by atoms with Gasteiger partial charge in [0.15, 0.2) is 0 Å². The van der Waals surface area contributed by atoms with E-state index in [4.69, 9.17) is 10.5 Å². The zero-order chi connectivity index (χ0) is 12.3. The molecular weight excluding hydrogens is 212 g/mol. The monoisotopic (exact) mass is 238 g/mol. The predicted octanol–water partition coefficient (Wildman–Crippen LogP) is 1.62. The minimum atomic E-state index is 0.0192. The van der Waals surface area contributed by atoms with Gasteiger partial charge in [0.1, 0.15) is 0 Å². The summed E-state index contributed by atoms with van der Waals surface area (Å²) in [6.45, 7) is 7.08. The predicted molar refractivity (Wildman–Crippen MR) is 71.8 cm³/mol. The van der Waals surface area contributed by atoms with Gasteiger partial charge in [-0.2, -0.15) is 0 Å². The van der Waals surface area contributed by atoms with Gasteiger partial charge in [-0.3, -0.25) is 0 Å². The zero-order valence-electron chi connectivity index (χ0n) is 11.1. The molecule has 0 bridgehead atoms. The summed E-state index contributed by atoms with van der Waals surface area (Å²) in [4.78, 5) is 2.50. The van der Waals surface area contributed by atoms with Crippen LogP contribution in [-0.4, -0.2) is 43.8 Å². The van der Waals surface area contributed by atoms with Gasteiger partial charge in [-0.05, 0) is 45.7 Å². The smallest absolute Gasteiger partial charge is 0.0665 e. The number of hydrogen-bond donors (Lipinski definition) is 1. The molecule has 0 aromatic heterocycles. The first-order valence-electron chi connectivity index (χ1n) is 6.81. The zero-order valence-corrected chi connectivity index (χ0v) is 11.1. The molecule has 1 fully saturated rings. The van der Waals surface area contributed by atoms with Crippen molar-refractivity contribution in [3.8, 4) is 11.8 Å². The third-order valence-electron chi connectivity index (χ3n) is 3.13. The highest BCUT2D eigenvalue weighted by atomic mass is 16.5. The summed E-state index contributed by atoms with van der Waals surface area (Å²) in [5, 5.41) is 0. The molecule has 1 heterocycles. The Morgan fingerprint density at radius 1 is 1.24 bits per heavy atom. The van der Waals surface area contributed by atoms with Crippen LogP contribution in [0, 0.1) is 11.8 Å². The third kappa shape index (κ3) is 7.38. The summed E-state index contributed by atoms with van der Waals surface area (Å²) in [7, 11) is 0. The fourth-order valence-electron chi connectivity index (χ4n) is 2.14. The van der Waals surface area contributed by atoms with Crippen molar-refractivity contribution in [2.24, 2.45) is 5.73 Å². The fourth-order valence-corrected chi connectivity index (χ4v) is 2.14. The molecule has 0 spiro atoms. The van der Waals surface area contributed by atoms with E-state index in [1.54, 1.807) is 0 Å². The highest BCUT2D eigenvalue weighted by Crippen LogP contribution is 2.07. The van der Waals surface area contributed by atoms with Crippen molar-refractivity contribution in [3.05, 3.63) is 0 Å². The van der Waals surface area contributed by atoms with Gasteiger partial charge in [0.05, 0.1) is 12.6 Å². The van der Waals surface area contributed by atoms with E-state index in [-0.39, 0.29) is 6.04 Å². The number of piperidine rings is 1. The van der Waals surface area contributed by atoms with Gasteiger partial charge in [0.25, 0.3) is 0 Å². The molecule has 0 saturated carbocycles. The summed E-state index contributed by atoms with van der Waals surface area (Å²) in [6.07, 6.45) is 6.04. The number of nitrogens with two attached hydrogens (primary N) is 1. The fraction of sp³-hybridized carbons (Fsp3) is 0.857. The Kier molecular flexibility index (Phi) is 8.08. The van der Waals surface area contributed by atoms with Crippen molar-refractivity contribution >= 4 is 0 Å². The molecule has 1 rings (SSSR count). The number of likely N-dealkylation sites (tertiary alicyclic amines) is 1. The molecule has 98 valence electrons. The summed E-state index contributed by atoms with van der Waals surface area (Å²) in [6, 6.07) is 0.0192. The van der Waals surface area contributed by atoms with E-state index in [1.807, 2.05) is 6.92 Å². The Labute approximate surface area is 106 Å². The van der Waals surface area contributed by atoms with Crippen molar-refractivity contribution in [1.82, 2.24) is 4.90 Å². The first-order valence-corrected chi connectivity index (χ1v) is 6.81. The molecule has 1 atom stereocenters. The van der Waals surface area contributed by atoms with Crippen molar-refractivity contribution in [1.29, 1.82) is 0 Å². The Hall–Kier alpha value is -0.560. The maximum Gasteiger partial charge on any atom is 0.0665 e. The van der Waals surface area contributed by atoms with Gasteiger partial charge in [0, 0.05) is 13.2 Å². The van der Waals surface area contributed by atoms with Crippen LogP contribution in [0.3, 0.4) is 0 Å². The topological polar surface area (TPSA) is 38.5 Å². The maximum absolute atomic E-state index is 5.78. The Bertz CT molecular complexity index is 238. The second kappa shape index (κ2) is 9.47. The first-order chi connectivity index (χ1) is 8.33. The molecule has 1 unspecified atom stereocenters. The van der Waals surface area contributed by atoms with Crippen molar-refractivity contribution in [2.45, 2.75) is 45.1 Å². The molecule has 17 heavy (non-hydrogen) atoms. The van der Waals surface area contributed by atoms with E-state index in [0.717, 1.165) is 32.6 Å². The SMILES string of the molecule is CC#CC(N)CCCOCCN1CCCCC1. The number of hydrogen-bond acceptors (Lipinski definition) is 3. The molecule has 3 nitrogen and oxygen atoms in total. The van der Waals surface area contributed by atoms with E-state index < -0.39 is 0 Å². The third-order valence-corrected chi connectivity index (χ3v) is 3.13. The quantitative estimate of drug-likeness (QED) is 0.541. The second-order valence-corrected chi connectivity index (χ2v) is 4.66. The van der Waals surface area contributed by atoms with E-state index in [2.05, 4.69) is 16.7 Å². The highest BCUT2D eigenvalue weighted by molar-refractivity contribution is 5.03. The Morgan fingerprint density at radius 3 is 2.71 bits per heavy atom. The van der Waals surface area contributed by atoms with E-state index in [0.29, 0.717) is 0 Å². The lowest BCUT2D eigenvalue weighted by Gasteiger charge is -2.26. The maximum atomic E-state index is 5.78. The molecule has 0 aromatic rings. The largest absolute Gasteiger partial charge is 0.380 e. The standard InChI is InChI=1S/C14H26N2O/c1-2-7-14(15)8-6-12-17-13-11-16-9-4-3-5-10-16/h14H,3-6,8-13,15H2,1H3. The van der Waals surface area contributed by atoms with Crippen LogP contribution in [0.25, 0.3) is 0 Å². The van der Waals surface area contributed by atoms with Crippen LogP contribution < -0.4 is 5.73 Å². The van der Waals surface area contributed by atoms with Gasteiger partial charge in [0.2, 0.25) is 0 Å². The van der Waals surface area contributed by atoms with Gasteiger partial charge < -0.3 is 15.4 Å². The highest BCUT2D eigenvalue weighted by Gasteiger charge is 2.08. The average molecular weight is 238 g/mol. The molecule has 2 N–H and O–H groups in total. The van der Waals surface area contributed by atoms with Crippen LogP contribution in [0.1, 0.15) is 39.0 Å². The molecule has 0 aliphatic carbocycles. The lowest BCUT2D eigenvalue weighted by molar-refractivity contribution is 0.0938. The second-order valence-electron chi connectivity index (χ2n) is 4.66. The number of nitrogens with zero attached hydrogens (tertiary/aromatic N) is 1. The van der Waals surface area contributed by atoms with Gasteiger partial charge >= 0.3 is 0 Å². The molecule has 0 radical (unpaired) electrons. The first kappa shape index (κ1) is 14.5. The van der Waals surface area contributed by atoms with Gasteiger partial charge in [-0.25, -0.2) is 0 Å². The summed E-state index contributed by atoms with van der Waals surface area (Å²) >= 11 is 0. The lowest BCUT2D eigenvalue weighted by atomic mass is 10.1. The molecule has 1 saturated heterocycles. The normalized spacial score (nSPS) is 18.5. The minimum Gasteiger partial charge on any atom is -0.380 e. The van der Waals surface area contributed by atoms with Crippen molar-refractivity contribution < 1.29 is 4.74 Å². The average Bonchev–Trinajstić information content (AvgIpc) is 2.35. The molecule has 1 aliphatic rings. The van der Waals surface area contributed by atoms with Crippen LogP contribution >= 0.6 is 0 Å². The van der Waals surface area contributed by atoms with Gasteiger partial charge in [-0.15, -0.1) is 5.92 Å². The minimum absolute atomic E-state index is 0.0192. The summed E-state index contributed by atoms with van der Waals surface area (Å²) < 4.78 is 5.62. The van der Waals surface area contributed by atoms with Crippen molar-refractivity contribution in [2.75, 3.05) is 32.8 Å². The number of rotatable bonds is 7. The molecule has 1 aliphatic heterocycles. The Morgan fingerprint density at radius 2 is 2.00 bits per heavy atom. The summed E-state index contributed by atoms with van der Waals surface area (Å²) in [5.74, 6) is 5.79. The molecule has 0 amide bonds. The lowest BCUT2D eigenvalue weighted by Crippen LogP contribution is -2.32. The van der Waals surface area contributed by atoms with Crippen LogP contribution in [0.4, 0.5) is 0 Å². The Balaban J connectivity index is 1.88. The van der Waals surface area contributed by atoms with Crippen molar-refractivity contribution in [3.63, 3.8) is 0 Å². The van der Waals surface area contributed by atoms with Gasteiger partial charge in [-0.1, -0.05) is 12.3 Å². The van der Waals surface area contributed by atoms with E-state index in [9.17, 15) is 0 Å². The molecular formula is C14H26N2O. The van der Waals surface area contributed by atoms with E-state index in [1.165, 1.54) is 32.4 Å². The van der Waals surface area contributed by atoms with Crippen LogP contribution in [0.15, 0.2) is 0 Å². The molecule has 3 heteroatoms.